The molecular weight excluding hydrogens is 264 g/mol. The van der Waals surface area contributed by atoms with Gasteiger partial charge in [-0.2, -0.15) is 9.78 Å². The third-order valence-corrected chi connectivity index (χ3v) is 4.34. The predicted octanol–water partition coefficient (Wildman–Crippen LogP) is 2.18. The lowest BCUT2D eigenvalue weighted by Gasteiger charge is -2.13. The lowest BCUT2D eigenvalue weighted by Crippen LogP contribution is -2.13. The highest BCUT2D eigenvalue weighted by molar-refractivity contribution is 7.84. The molecule has 5 nitrogen and oxygen atoms in total. The van der Waals surface area contributed by atoms with Crippen LogP contribution in [0.25, 0.3) is 11.3 Å². The van der Waals surface area contributed by atoms with Crippen molar-refractivity contribution in [1.29, 1.82) is 0 Å². The van der Waals surface area contributed by atoms with Gasteiger partial charge in [-0.15, -0.1) is 0 Å². The summed E-state index contributed by atoms with van der Waals surface area (Å²) in [6.07, 6.45) is 1.08. The topological polar surface area (TPSA) is 61.2 Å². The molecule has 0 aliphatic carbocycles. The second kappa shape index (κ2) is 4.62. The number of hydrogen-bond acceptors (Lipinski definition) is 4. The van der Waals surface area contributed by atoms with E-state index in [1.807, 2.05) is 24.3 Å². The summed E-state index contributed by atoms with van der Waals surface area (Å²) in [7, 11) is -1.09. The first kappa shape index (κ1) is 12.1. The van der Waals surface area contributed by atoms with Crippen LogP contribution in [-0.4, -0.2) is 26.7 Å². The summed E-state index contributed by atoms with van der Waals surface area (Å²) >= 11 is 0. The summed E-state index contributed by atoms with van der Waals surface area (Å²) in [5.41, 5.74) is 2.35. The van der Waals surface area contributed by atoms with Gasteiger partial charge < -0.3 is 4.74 Å². The Hall–Kier alpha value is -1.95. The number of hydrogen-bond donors (Lipinski definition) is 0. The van der Waals surface area contributed by atoms with Crippen molar-refractivity contribution in [3.63, 3.8) is 0 Å². The fraction of sp³-hybridized carbons (Fsp3) is 0.231. The molecule has 6 heteroatoms. The van der Waals surface area contributed by atoms with E-state index in [1.54, 1.807) is 13.1 Å². The molecule has 0 bridgehead atoms. The summed E-state index contributed by atoms with van der Waals surface area (Å²) in [5.74, 6) is 0.381. The smallest absolute Gasteiger partial charge is 0.434 e. The van der Waals surface area contributed by atoms with Crippen molar-refractivity contribution in [1.82, 2.24) is 9.78 Å². The fourth-order valence-corrected chi connectivity index (χ4v) is 3.39. The zero-order chi connectivity index (χ0) is 13.4. The molecule has 1 aliphatic rings. The SMILES string of the molecule is CCOC(=O)n1cc2c(n1)-c1ccccc1S(=O)C2. The van der Waals surface area contributed by atoms with Gasteiger partial charge in [-0.1, -0.05) is 18.2 Å². The molecule has 0 amide bonds. The van der Waals surface area contributed by atoms with Crippen molar-refractivity contribution in [2.24, 2.45) is 0 Å². The average Bonchev–Trinajstić information content (AvgIpc) is 2.83. The Morgan fingerprint density at radius 2 is 2.26 bits per heavy atom. The fourth-order valence-electron chi connectivity index (χ4n) is 2.10. The van der Waals surface area contributed by atoms with E-state index < -0.39 is 16.9 Å². The van der Waals surface area contributed by atoms with Gasteiger partial charge in [0.1, 0.15) is 0 Å². The molecule has 0 N–H and O–H groups in total. The van der Waals surface area contributed by atoms with Crippen molar-refractivity contribution in [3.05, 3.63) is 36.0 Å². The number of rotatable bonds is 1. The Morgan fingerprint density at radius 1 is 1.47 bits per heavy atom. The van der Waals surface area contributed by atoms with Crippen LogP contribution in [0.4, 0.5) is 4.79 Å². The Labute approximate surface area is 112 Å². The van der Waals surface area contributed by atoms with E-state index in [0.29, 0.717) is 18.1 Å². The van der Waals surface area contributed by atoms with Gasteiger partial charge >= 0.3 is 6.09 Å². The van der Waals surface area contributed by atoms with Crippen molar-refractivity contribution in [2.75, 3.05) is 6.61 Å². The molecule has 0 saturated carbocycles. The standard InChI is InChI=1S/C13H12N2O3S/c1-2-18-13(16)15-7-9-8-19(17)11-6-4-3-5-10(11)12(9)14-15/h3-7H,2,8H2,1H3. The van der Waals surface area contributed by atoms with Crippen LogP contribution in [0, 0.1) is 0 Å². The summed E-state index contributed by atoms with van der Waals surface area (Å²) < 4.78 is 18.2. The van der Waals surface area contributed by atoms with Crippen molar-refractivity contribution in [3.8, 4) is 11.3 Å². The number of nitrogens with zero attached hydrogens (tertiary/aromatic N) is 2. The Bertz CT molecular complexity index is 678. The lowest BCUT2D eigenvalue weighted by atomic mass is 10.1. The van der Waals surface area contributed by atoms with Crippen molar-refractivity contribution < 1.29 is 13.7 Å². The van der Waals surface area contributed by atoms with Gasteiger partial charge in [0, 0.05) is 22.2 Å². The van der Waals surface area contributed by atoms with Crippen molar-refractivity contribution in [2.45, 2.75) is 17.6 Å². The highest BCUT2D eigenvalue weighted by Gasteiger charge is 2.25. The molecule has 19 heavy (non-hydrogen) atoms. The van der Waals surface area contributed by atoms with Crippen LogP contribution in [0.3, 0.4) is 0 Å². The molecule has 1 unspecified atom stereocenters. The van der Waals surface area contributed by atoms with E-state index in [-0.39, 0.29) is 0 Å². The second-order valence-corrected chi connectivity index (χ2v) is 5.55. The van der Waals surface area contributed by atoms with Crippen LogP contribution >= 0.6 is 0 Å². The van der Waals surface area contributed by atoms with Gasteiger partial charge in [0.2, 0.25) is 0 Å². The van der Waals surface area contributed by atoms with Gasteiger partial charge in [0.15, 0.2) is 0 Å². The molecule has 0 saturated heterocycles. The van der Waals surface area contributed by atoms with Gasteiger partial charge in [0.25, 0.3) is 0 Å². The maximum Gasteiger partial charge on any atom is 0.434 e. The van der Waals surface area contributed by atoms with E-state index in [2.05, 4.69) is 5.10 Å². The molecule has 2 aromatic rings. The maximum absolute atomic E-state index is 12.1. The maximum atomic E-state index is 12.1. The highest BCUT2D eigenvalue weighted by Crippen LogP contribution is 2.34. The van der Waals surface area contributed by atoms with Crippen LogP contribution in [-0.2, 0) is 21.3 Å². The van der Waals surface area contributed by atoms with Gasteiger partial charge in [-0.25, -0.2) is 4.79 Å². The first-order chi connectivity index (χ1) is 9.20. The second-order valence-electron chi connectivity index (χ2n) is 4.13. The molecule has 98 valence electrons. The molecule has 0 fully saturated rings. The van der Waals surface area contributed by atoms with Crippen LogP contribution in [0.1, 0.15) is 12.5 Å². The normalized spacial score (nSPS) is 16.6. The van der Waals surface area contributed by atoms with Crippen LogP contribution in [0.15, 0.2) is 35.4 Å². The molecule has 0 radical (unpaired) electrons. The van der Waals surface area contributed by atoms with Gasteiger partial charge in [0.05, 0.1) is 28.9 Å². The minimum absolute atomic E-state index is 0.297. The Morgan fingerprint density at radius 3 is 3.05 bits per heavy atom. The predicted molar refractivity (Wildman–Crippen MR) is 70.2 cm³/mol. The average molecular weight is 276 g/mol. The summed E-state index contributed by atoms with van der Waals surface area (Å²) in [4.78, 5) is 12.4. The van der Waals surface area contributed by atoms with Crippen LogP contribution in [0.2, 0.25) is 0 Å². The summed E-state index contributed by atoms with van der Waals surface area (Å²) in [6.45, 7) is 2.04. The summed E-state index contributed by atoms with van der Waals surface area (Å²) in [5, 5.41) is 4.25. The Balaban J connectivity index is 2.10. The molecular formula is C13H12N2O3S. The molecule has 1 atom stereocenters. The molecule has 3 rings (SSSR count). The van der Waals surface area contributed by atoms with Gasteiger partial charge in [-0.05, 0) is 13.0 Å². The zero-order valence-corrected chi connectivity index (χ0v) is 11.1. The third kappa shape index (κ3) is 1.98. The number of aromatic nitrogens is 2. The number of carbonyl (C=O) groups is 1. The quantitative estimate of drug-likeness (QED) is 0.801. The lowest BCUT2D eigenvalue weighted by molar-refractivity contribution is 0.150. The first-order valence-corrected chi connectivity index (χ1v) is 7.26. The molecule has 1 aromatic heterocycles. The number of carbonyl (C=O) groups excluding carboxylic acids is 1. The summed E-state index contributed by atoms with van der Waals surface area (Å²) in [6, 6.07) is 7.42. The monoisotopic (exact) mass is 276 g/mol. The third-order valence-electron chi connectivity index (χ3n) is 2.92. The number of benzene rings is 1. The molecule has 2 heterocycles. The van der Waals surface area contributed by atoms with E-state index in [1.165, 1.54) is 4.68 Å². The Kier molecular flexibility index (Phi) is 2.94. The molecule has 1 aromatic carbocycles. The zero-order valence-electron chi connectivity index (χ0n) is 10.3. The van der Waals surface area contributed by atoms with Crippen molar-refractivity contribution >= 4 is 16.9 Å². The number of fused-ring (bicyclic) bond motifs is 3. The van der Waals surface area contributed by atoms with E-state index in [4.69, 9.17) is 4.74 Å². The largest absolute Gasteiger partial charge is 0.448 e. The molecule has 0 spiro atoms. The minimum Gasteiger partial charge on any atom is -0.448 e. The van der Waals surface area contributed by atoms with Gasteiger partial charge in [-0.3, -0.25) is 4.21 Å². The molecule has 1 aliphatic heterocycles. The van der Waals surface area contributed by atoms with E-state index in [9.17, 15) is 9.00 Å². The van der Waals surface area contributed by atoms with E-state index >= 15 is 0 Å². The highest BCUT2D eigenvalue weighted by atomic mass is 32.2. The number of ether oxygens (including phenoxy) is 1. The van der Waals surface area contributed by atoms with Crippen LogP contribution in [0.5, 0.6) is 0 Å². The minimum atomic E-state index is -1.09. The van der Waals surface area contributed by atoms with Crippen LogP contribution < -0.4 is 0 Å². The van der Waals surface area contributed by atoms with E-state index in [0.717, 1.165) is 16.0 Å². The first-order valence-electron chi connectivity index (χ1n) is 5.94.